The van der Waals surface area contributed by atoms with Gasteiger partial charge in [0.15, 0.2) is 6.10 Å². The Morgan fingerprint density at radius 1 is 1.11 bits per heavy atom. The number of anilines is 1. The van der Waals surface area contributed by atoms with Gasteiger partial charge in [-0.1, -0.05) is 18.2 Å². The van der Waals surface area contributed by atoms with Crippen LogP contribution in [0.15, 0.2) is 48.5 Å². The fraction of sp³-hybridized carbons (Fsp3) is 0.238. The second kappa shape index (κ2) is 7.95. The molecular formula is C21H22N2O4. The van der Waals surface area contributed by atoms with Crippen molar-refractivity contribution in [3.63, 3.8) is 0 Å². The average molecular weight is 366 g/mol. The normalized spacial score (nSPS) is 11.8. The summed E-state index contributed by atoms with van der Waals surface area (Å²) in [6.07, 6.45) is -0.933. The second-order valence-electron chi connectivity index (χ2n) is 6.16. The lowest BCUT2D eigenvalue weighted by atomic mass is 10.1. The molecule has 6 heteroatoms. The van der Waals surface area contributed by atoms with Gasteiger partial charge in [0.05, 0.1) is 12.2 Å². The monoisotopic (exact) mass is 366 g/mol. The first-order valence-electron chi connectivity index (χ1n) is 8.81. The molecule has 0 saturated carbocycles. The van der Waals surface area contributed by atoms with E-state index in [1.165, 1.54) is 0 Å². The molecule has 0 spiro atoms. The first-order chi connectivity index (χ1) is 13.0. The van der Waals surface area contributed by atoms with Gasteiger partial charge >= 0.3 is 5.97 Å². The number of aromatic amines is 1. The van der Waals surface area contributed by atoms with Gasteiger partial charge in [-0.3, -0.25) is 4.79 Å². The summed E-state index contributed by atoms with van der Waals surface area (Å²) < 4.78 is 10.8. The van der Waals surface area contributed by atoms with E-state index in [4.69, 9.17) is 9.47 Å². The molecule has 1 atom stereocenters. The van der Waals surface area contributed by atoms with Gasteiger partial charge < -0.3 is 19.8 Å². The number of hydrogen-bond acceptors (Lipinski definition) is 4. The van der Waals surface area contributed by atoms with Crippen molar-refractivity contribution < 1.29 is 19.1 Å². The molecule has 140 valence electrons. The number of aromatic nitrogens is 1. The number of rotatable bonds is 6. The Morgan fingerprint density at radius 3 is 2.52 bits per heavy atom. The largest absolute Gasteiger partial charge is 0.494 e. The zero-order valence-corrected chi connectivity index (χ0v) is 15.5. The van der Waals surface area contributed by atoms with Crippen LogP contribution in [0, 0.1) is 6.92 Å². The van der Waals surface area contributed by atoms with Crippen molar-refractivity contribution in [2.45, 2.75) is 26.9 Å². The third-order valence-corrected chi connectivity index (χ3v) is 4.18. The van der Waals surface area contributed by atoms with E-state index in [0.29, 0.717) is 23.6 Å². The molecule has 1 unspecified atom stereocenters. The highest BCUT2D eigenvalue weighted by atomic mass is 16.5. The van der Waals surface area contributed by atoms with Crippen molar-refractivity contribution in [2.24, 2.45) is 0 Å². The third-order valence-electron chi connectivity index (χ3n) is 4.18. The van der Waals surface area contributed by atoms with Crippen molar-refractivity contribution in [1.82, 2.24) is 4.98 Å². The van der Waals surface area contributed by atoms with Gasteiger partial charge in [-0.2, -0.15) is 0 Å². The molecule has 3 rings (SSSR count). The van der Waals surface area contributed by atoms with Gasteiger partial charge in [0.1, 0.15) is 5.75 Å². The molecule has 2 N–H and O–H groups in total. The topological polar surface area (TPSA) is 80.4 Å². The number of esters is 1. The van der Waals surface area contributed by atoms with Crippen LogP contribution in [-0.2, 0) is 9.53 Å². The maximum atomic E-state index is 12.6. The number of H-pyrrole nitrogens is 1. The van der Waals surface area contributed by atoms with Crippen LogP contribution >= 0.6 is 0 Å². The summed E-state index contributed by atoms with van der Waals surface area (Å²) >= 11 is 0. The lowest BCUT2D eigenvalue weighted by Crippen LogP contribution is -2.30. The van der Waals surface area contributed by atoms with Crippen molar-refractivity contribution in [3.05, 3.63) is 59.8 Å². The van der Waals surface area contributed by atoms with E-state index in [9.17, 15) is 9.59 Å². The van der Waals surface area contributed by atoms with Crippen LogP contribution in [-0.4, -0.2) is 29.6 Å². The van der Waals surface area contributed by atoms with Crippen molar-refractivity contribution in [2.75, 3.05) is 11.9 Å². The lowest BCUT2D eigenvalue weighted by Gasteiger charge is -2.14. The molecule has 0 bridgehead atoms. The molecule has 1 heterocycles. The Hall–Kier alpha value is -3.28. The minimum absolute atomic E-state index is 0.398. The predicted molar refractivity (Wildman–Crippen MR) is 104 cm³/mol. The number of para-hydroxylation sites is 1. The zero-order chi connectivity index (χ0) is 19.4. The van der Waals surface area contributed by atoms with Crippen LogP contribution in [0.5, 0.6) is 5.75 Å². The van der Waals surface area contributed by atoms with Gasteiger partial charge in [0.25, 0.3) is 5.91 Å². The molecule has 2 aromatic carbocycles. The molecule has 0 aliphatic heterocycles. The van der Waals surface area contributed by atoms with Gasteiger partial charge in [-0.15, -0.1) is 0 Å². The Labute approximate surface area is 157 Å². The van der Waals surface area contributed by atoms with Gasteiger partial charge in [-0.05, 0) is 51.1 Å². The maximum absolute atomic E-state index is 12.6. The Kier molecular flexibility index (Phi) is 5.45. The molecule has 6 nitrogen and oxygen atoms in total. The highest BCUT2D eigenvalue weighted by Gasteiger charge is 2.23. The SMILES string of the molecule is CCOc1ccc(NC(=O)C(C)OC(=O)c2c(C)[nH]c3ccccc23)cc1. The number of carbonyl (C=O) groups excluding carboxylic acids is 2. The number of hydrogen-bond donors (Lipinski definition) is 2. The fourth-order valence-corrected chi connectivity index (χ4v) is 2.86. The molecule has 0 saturated heterocycles. The highest BCUT2D eigenvalue weighted by molar-refractivity contribution is 6.06. The van der Waals surface area contributed by atoms with Crippen LogP contribution in [0.4, 0.5) is 5.69 Å². The van der Waals surface area contributed by atoms with E-state index in [1.807, 2.05) is 31.2 Å². The number of fused-ring (bicyclic) bond motifs is 1. The molecule has 1 aromatic heterocycles. The number of amides is 1. The molecule has 0 aliphatic carbocycles. The van der Waals surface area contributed by atoms with Crippen molar-refractivity contribution in [1.29, 1.82) is 0 Å². The average Bonchev–Trinajstić information content (AvgIpc) is 2.99. The van der Waals surface area contributed by atoms with Crippen LogP contribution in [0.2, 0.25) is 0 Å². The summed E-state index contributed by atoms with van der Waals surface area (Å²) in [4.78, 5) is 28.1. The van der Waals surface area contributed by atoms with E-state index in [2.05, 4.69) is 10.3 Å². The quantitative estimate of drug-likeness (QED) is 0.645. The number of benzene rings is 2. The zero-order valence-electron chi connectivity index (χ0n) is 15.5. The van der Waals surface area contributed by atoms with Crippen molar-refractivity contribution >= 4 is 28.5 Å². The van der Waals surface area contributed by atoms with Crippen LogP contribution in [0.3, 0.4) is 0 Å². The third kappa shape index (κ3) is 4.11. The van der Waals surface area contributed by atoms with E-state index in [0.717, 1.165) is 16.7 Å². The van der Waals surface area contributed by atoms with Gasteiger partial charge in [0, 0.05) is 22.3 Å². The van der Waals surface area contributed by atoms with E-state index >= 15 is 0 Å². The minimum Gasteiger partial charge on any atom is -0.494 e. The molecule has 27 heavy (non-hydrogen) atoms. The lowest BCUT2D eigenvalue weighted by molar-refractivity contribution is -0.123. The fourth-order valence-electron chi connectivity index (χ4n) is 2.86. The van der Waals surface area contributed by atoms with Gasteiger partial charge in [0.2, 0.25) is 0 Å². The van der Waals surface area contributed by atoms with Crippen LogP contribution in [0.1, 0.15) is 29.9 Å². The van der Waals surface area contributed by atoms with E-state index < -0.39 is 18.0 Å². The molecular weight excluding hydrogens is 344 g/mol. The first kappa shape index (κ1) is 18.5. The van der Waals surface area contributed by atoms with E-state index in [-0.39, 0.29) is 0 Å². The summed E-state index contributed by atoms with van der Waals surface area (Å²) in [6.45, 7) is 5.83. The number of nitrogens with one attached hydrogen (secondary N) is 2. The Bertz CT molecular complexity index is 960. The summed E-state index contributed by atoms with van der Waals surface area (Å²) in [5.74, 6) is -0.200. The van der Waals surface area contributed by atoms with Gasteiger partial charge in [-0.25, -0.2) is 4.79 Å². The standard InChI is InChI=1S/C21H22N2O4/c1-4-26-16-11-9-15(10-12-16)23-20(24)14(3)27-21(25)19-13(2)22-18-8-6-5-7-17(18)19/h5-12,14,22H,4H2,1-3H3,(H,23,24). The number of ether oxygens (including phenoxy) is 2. The molecule has 3 aromatic rings. The second-order valence-corrected chi connectivity index (χ2v) is 6.16. The Balaban J connectivity index is 1.66. The molecule has 1 amide bonds. The number of carbonyl (C=O) groups is 2. The van der Waals surface area contributed by atoms with Crippen molar-refractivity contribution in [3.8, 4) is 5.75 Å². The summed E-state index contributed by atoms with van der Waals surface area (Å²) in [5.41, 5.74) is 2.62. The summed E-state index contributed by atoms with van der Waals surface area (Å²) in [6, 6.07) is 14.5. The molecule has 0 fully saturated rings. The van der Waals surface area contributed by atoms with E-state index in [1.54, 1.807) is 38.1 Å². The van der Waals surface area contributed by atoms with Crippen LogP contribution in [0.25, 0.3) is 10.9 Å². The maximum Gasteiger partial charge on any atom is 0.341 e. The predicted octanol–water partition coefficient (Wildman–Crippen LogP) is 4.06. The smallest absolute Gasteiger partial charge is 0.341 e. The Morgan fingerprint density at radius 2 is 1.81 bits per heavy atom. The summed E-state index contributed by atoms with van der Waals surface area (Å²) in [5, 5.41) is 3.51. The molecule has 0 aliphatic rings. The minimum atomic E-state index is -0.933. The molecule has 0 radical (unpaired) electrons. The highest BCUT2D eigenvalue weighted by Crippen LogP contribution is 2.23. The van der Waals surface area contributed by atoms with Crippen LogP contribution < -0.4 is 10.1 Å². The summed E-state index contributed by atoms with van der Waals surface area (Å²) in [7, 11) is 0. The first-order valence-corrected chi connectivity index (χ1v) is 8.81. The number of aryl methyl sites for hydroxylation is 1.